The highest BCUT2D eigenvalue weighted by Crippen LogP contribution is 2.23. The largest absolute Gasteiger partial charge is 0.459 e. The number of halogens is 1. The lowest BCUT2D eigenvalue weighted by Crippen LogP contribution is -2.19. The van der Waals surface area contributed by atoms with E-state index in [1.54, 1.807) is 0 Å². The van der Waals surface area contributed by atoms with E-state index in [2.05, 4.69) is 46.9 Å². The van der Waals surface area contributed by atoms with Crippen molar-refractivity contribution in [3.05, 3.63) is 47.2 Å². The molecule has 2 aromatic rings. The Kier molecular flexibility index (Phi) is 3.46. The Balaban J connectivity index is 2.16. The maximum Gasteiger partial charge on any atom is 0.134 e. The molecule has 0 amide bonds. The Morgan fingerprint density at radius 3 is 2.94 bits per heavy atom. The van der Waals surface area contributed by atoms with Gasteiger partial charge in [0.05, 0.1) is 6.04 Å². The quantitative estimate of drug-likeness (QED) is 0.916. The molecule has 1 aromatic heterocycles. The summed E-state index contributed by atoms with van der Waals surface area (Å²) in [7, 11) is 0. The van der Waals surface area contributed by atoms with Crippen LogP contribution in [0.4, 0.5) is 0 Å². The highest BCUT2D eigenvalue weighted by Gasteiger charge is 2.10. The van der Waals surface area contributed by atoms with Crippen LogP contribution in [0.2, 0.25) is 0 Å². The normalized spacial score (nSPS) is 12.9. The zero-order valence-electron chi connectivity index (χ0n) is 9.16. The molecule has 0 aliphatic rings. The second-order valence-corrected chi connectivity index (χ2v) is 4.93. The predicted octanol–water partition coefficient (Wildman–Crippen LogP) is 3.99. The fourth-order valence-electron chi connectivity index (χ4n) is 1.58. The number of hydrogen-bond donors (Lipinski definition) is 1. The van der Waals surface area contributed by atoms with E-state index in [1.165, 1.54) is 0 Å². The van der Waals surface area contributed by atoms with Crippen LogP contribution >= 0.6 is 15.9 Å². The lowest BCUT2D eigenvalue weighted by atomic mass is 10.2. The van der Waals surface area contributed by atoms with Crippen molar-refractivity contribution in [2.75, 3.05) is 6.54 Å². The molecule has 3 heteroatoms. The van der Waals surface area contributed by atoms with Crippen molar-refractivity contribution in [2.45, 2.75) is 13.0 Å². The number of nitrogens with one attached hydrogen (secondary N) is 1. The maximum atomic E-state index is 5.75. The Morgan fingerprint density at radius 2 is 2.25 bits per heavy atom. The van der Waals surface area contributed by atoms with E-state index in [-0.39, 0.29) is 6.04 Å². The average Bonchev–Trinajstić information content (AvgIpc) is 2.69. The summed E-state index contributed by atoms with van der Waals surface area (Å²) in [6.07, 6.45) is 0. The van der Waals surface area contributed by atoms with Crippen molar-refractivity contribution in [2.24, 2.45) is 0 Å². The number of fused-ring (bicyclic) bond motifs is 1. The molecular formula is C13H14BrNO. The third-order valence-electron chi connectivity index (χ3n) is 2.47. The van der Waals surface area contributed by atoms with E-state index in [1.807, 2.05) is 18.2 Å². The zero-order valence-corrected chi connectivity index (χ0v) is 10.8. The summed E-state index contributed by atoms with van der Waals surface area (Å²) in [5.74, 6) is 0.954. The van der Waals surface area contributed by atoms with Gasteiger partial charge in [-0.25, -0.2) is 0 Å². The molecule has 1 atom stereocenters. The molecule has 1 aromatic carbocycles. The first-order valence-corrected chi connectivity index (χ1v) is 6.01. The van der Waals surface area contributed by atoms with Crippen molar-refractivity contribution in [3.8, 4) is 0 Å². The van der Waals surface area contributed by atoms with Crippen molar-refractivity contribution < 1.29 is 4.42 Å². The second kappa shape index (κ2) is 4.85. The predicted molar refractivity (Wildman–Crippen MR) is 70.7 cm³/mol. The molecule has 2 nitrogen and oxygen atoms in total. The van der Waals surface area contributed by atoms with Crippen LogP contribution in [0.15, 0.2) is 45.8 Å². The fourth-order valence-corrected chi connectivity index (χ4v) is 1.74. The molecule has 1 heterocycles. The van der Waals surface area contributed by atoms with Crippen LogP contribution < -0.4 is 5.32 Å². The van der Waals surface area contributed by atoms with Crippen molar-refractivity contribution in [3.63, 3.8) is 0 Å². The lowest BCUT2D eigenvalue weighted by Gasteiger charge is -2.09. The van der Waals surface area contributed by atoms with Gasteiger partial charge in [0, 0.05) is 16.4 Å². The highest BCUT2D eigenvalue weighted by atomic mass is 79.9. The van der Waals surface area contributed by atoms with Crippen LogP contribution in [0.5, 0.6) is 0 Å². The lowest BCUT2D eigenvalue weighted by molar-refractivity contribution is 0.464. The second-order valence-electron chi connectivity index (χ2n) is 3.81. The molecule has 0 radical (unpaired) electrons. The third-order valence-corrected chi connectivity index (χ3v) is 2.75. The third kappa shape index (κ3) is 2.54. The zero-order chi connectivity index (χ0) is 11.5. The molecule has 1 unspecified atom stereocenters. The van der Waals surface area contributed by atoms with Gasteiger partial charge in [-0.05, 0) is 19.1 Å². The van der Waals surface area contributed by atoms with Gasteiger partial charge in [-0.2, -0.15) is 0 Å². The first kappa shape index (κ1) is 11.4. The molecule has 0 aliphatic carbocycles. The van der Waals surface area contributed by atoms with E-state index in [0.29, 0.717) is 0 Å². The summed E-state index contributed by atoms with van der Waals surface area (Å²) in [5, 5.41) is 4.46. The van der Waals surface area contributed by atoms with Gasteiger partial charge in [0.2, 0.25) is 0 Å². The van der Waals surface area contributed by atoms with Crippen molar-refractivity contribution >= 4 is 26.9 Å². The van der Waals surface area contributed by atoms with Gasteiger partial charge in [-0.1, -0.05) is 40.7 Å². The van der Waals surface area contributed by atoms with Gasteiger partial charge >= 0.3 is 0 Å². The number of hydrogen-bond acceptors (Lipinski definition) is 2. The number of para-hydroxylation sites is 1. The van der Waals surface area contributed by atoms with Crippen LogP contribution in [-0.2, 0) is 0 Å². The van der Waals surface area contributed by atoms with Crippen molar-refractivity contribution in [1.82, 2.24) is 5.32 Å². The first-order chi connectivity index (χ1) is 7.66. The molecule has 0 spiro atoms. The minimum atomic E-state index is 0.182. The highest BCUT2D eigenvalue weighted by molar-refractivity contribution is 9.11. The summed E-state index contributed by atoms with van der Waals surface area (Å²) in [5.41, 5.74) is 0.934. The standard InChI is InChI=1S/C13H14BrNO/c1-9(14)8-15-10(2)13-7-11-5-3-4-6-12(11)16-13/h3-7,10,15H,1,8H2,2H3. The first-order valence-electron chi connectivity index (χ1n) is 5.22. The molecule has 0 aliphatic heterocycles. The Labute approximate surface area is 103 Å². The molecule has 0 saturated carbocycles. The molecular weight excluding hydrogens is 266 g/mol. The van der Waals surface area contributed by atoms with E-state index >= 15 is 0 Å². The van der Waals surface area contributed by atoms with Gasteiger partial charge in [0.25, 0.3) is 0 Å². The molecule has 16 heavy (non-hydrogen) atoms. The Morgan fingerprint density at radius 1 is 1.50 bits per heavy atom. The minimum absolute atomic E-state index is 0.182. The van der Waals surface area contributed by atoms with E-state index < -0.39 is 0 Å². The molecule has 0 fully saturated rings. The van der Waals surface area contributed by atoms with E-state index in [0.717, 1.165) is 27.8 Å². The Hall–Kier alpha value is -1.06. The van der Waals surface area contributed by atoms with Crippen LogP contribution in [0, 0.1) is 0 Å². The summed E-state index contributed by atoms with van der Waals surface area (Å²) >= 11 is 3.32. The van der Waals surface area contributed by atoms with E-state index in [4.69, 9.17) is 4.42 Å². The average molecular weight is 280 g/mol. The SMILES string of the molecule is C=C(Br)CNC(C)c1cc2ccccc2o1. The summed E-state index contributed by atoms with van der Waals surface area (Å²) in [6, 6.07) is 10.3. The topological polar surface area (TPSA) is 25.2 Å². The molecule has 84 valence electrons. The Bertz CT molecular complexity index is 470. The molecule has 1 N–H and O–H groups in total. The molecule has 0 bridgehead atoms. The summed E-state index contributed by atoms with van der Waals surface area (Å²) in [6.45, 7) is 6.60. The van der Waals surface area contributed by atoms with Crippen molar-refractivity contribution in [1.29, 1.82) is 0 Å². The van der Waals surface area contributed by atoms with Crippen LogP contribution in [0.25, 0.3) is 11.0 Å². The van der Waals surface area contributed by atoms with Gasteiger partial charge < -0.3 is 9.73 Å². The summed E-state index contributed by atoms with van der Waals surface area (Å²) < 4.78 is 6.69. The fraction of sp³-hybridized carbons (Fsp3) is 0.231. The van der Waals surface area contributed by atoms with Gasteiger partial charge in [0.1, 0.15) is 11.3 Å². The maximum absolute atomic E-state index is 5.75. The molecule has 2 rings (SSSR count). The van der Waals surface area contributed by atoms with Crippen LogP contribution in [0.3, 0.4) is 0 Å². The molecule has 0 saturated heterocycles. The minimum Gasteiger partial charge on any atom is -0.459 e. The smallest absolute Gasteiger partial charge is 0.134 e. The summed E-state index contributed by atoms with van der Waals surface area (Å²) in [4.78, 5) is 0. The number of rotatable bonds is 4. The monoisotopic (exact) mass is 279 g/mol. The van der Waals surface area contributed by atoms with Gasteiger partial charge in [0.15, 0.2) is 0 Å². The number of furan rings is 1. The van der Waals surface area contributed by atoms with Gasteiger partial charge in [-0.3, -0.25) is 0 Å². The van der Waals surface area contributed by atoms with E-state index in [9.17, 15) is 0 Å². The van der Waals surface area contributed by atoms with Gasteiger partial charge in [-0.15, -0.1) is 0 Å². The van der Waals surface area contributed by atoms with Crippen LogP contribution in [-0.4, -0.2) is 6.54 Å². The van der Waals surface area contributed by atoms with Crippen LogP contribution in [0.1, 0.15) is 18.7 Å². The number of benzene rings is 1.